The van der Waals surface area contributed by atoms with Gasteiger partial charge in [-0.15, -0.1) is 0 Å². The molecule has 1 aliphatic rings. The maximum Gasteiger partial charge on any atom is 0.128 e. The van der Waals surface area contributed by atoms with E-state index in [-0.39, 0.29) is 0 Å². The molecule has 0 atom stereocenters. The molecule has 1 fully saturated rings. The molecule has 0 aliphatic carbocycles. The van der Waals surface area contributed by atoms with Gasteiger partial charge in [0.15, 0.2) is 0 Å². The average Bonchev–Trinajstić information content (AvgIpc) is 2.81. The Hall–Kier alpha value is -1.66. The first-order valence-electron chi connectivity index (χ1n) is 8.05. The number of anilines is 1. The Balaban J connectivity index is 1.67. The lowest BCUT2D eigenvalue weighted by atomic mass is 10.1. The summed E-state index contributed by atoms with van der Waals surface area (Å²) in [5, 5.41) is 4.24. The number of rotatable bonds is 5. The predicted octanol–water partition coefficient (Wildman–Crippen LogP) is 2.49. The van der Waals surface area contributed by atoms with Crippen LogP contribution in [0, 0.1) is 0 Å². The van der Waals surface area contributed by atoms with Gasteiger partial charge in [0.05, 0.1) is 5.69 Å². The van der Waals surface area contributed by atoms with Crippen LogP contribution in [0.25, 0.3) is 11.3 Å². The van der Waals surface area contributed by atoms with Crippen molar-refractivity contribution in [1.29, 1.82) is 0 Å². The molecule has 0 spiro atoms. The van der Waals surface area contributed by atoms with Crippen LogP contribution in [0.1, 0.15) is 6.42 Å². The second kappa shape index (κ2) is 7.75. The minimum Gasteiger partial charge on any atom is -0.492 e. The van der Waals surface area contributed by atoms with Gasteiger partial charge in [-0.1, -0.05) is 0 Å². The quantitative estimate of drug-likeness (QED) is 0.853. The highest BCUT2D eigenvalue weighted by molar-refractivity contribution is 7.99. The number of nitrogens with two attached hydrogens (primary N) is 1. The van der Waals surface area contributed by atoms with Crippen LogP contribution in [0.5, 0.6) is 5.75 Å². The Bertz CT molecular complexity index is 635. The highest BCUT2D eigenvalue weighted by atomic mass is 32.2. The summed E-state index contributed by atoms with van der Waals surface area (Å²) in [6.45, 7) is 3.99. The molecule has 6 heteroatoms. The van der Waals surface area contributed by atoms with Crippen molar-refractivity contribution >= 4 is 17.4 Å². The second-order valence-electron chi connectivity index (χ2n) is 5.75. The van der Waals surface area contributed by atoms with Crippen molar-refractivity contribution < 1.29 is 4.74 Å². The summed E-state index contributed by atoms with van der Waals surface area (Å²) in [5.41, 5.74) is 8.69. The number of thioether (sulfide) groups is 1. The third-order valence-corrected chi connectivity index (χ3v) is 5.13. The van der Waals surface area contributed by atoms with E-state index >= 15 is 0 Å². The standard InChI is InChI=1S/C17H24N4OS/c1-20-16(5-6-19-20)15-13-14(18)3-4-17(15)22-10-8-21-7-2-11-23-12-9-21/h3-6,13H,2,7-12,18H2,1H3. The first-order valence-corrected chi connectivity index (χ1v) is 9.20. The van der Waals surface area contributed by atoms with Gasteiger partial charge in [-0.25, -0.2) is 0 Å². The van der Waals surface area contributed by atoms with E-state index in [1.807, 2.05) is 47.8 Å². The largest absolute Gasteiger partial charge is 0.492 e. The Labute approximate surface area is 141 Å². The van der Waals surface area contributed by atoms with E-state index in [9.17, 15) is 0 Å². The molecule has 2 N–H and O–H groups in total. The number of nitrogens with zero attached hydrogens (tertiary/aromatic N) is 3. The maximum atomic E-state index is 6.07. The van der Waals surface area contributed by atoms with E-state index < -0.39 is 0 Å². The summed E-state index contributed by atoms with van der Waals surface area (Å²) in [6, 6.07) is 7.77. The smallest absolute Gasteiger partial charge is 0.128 e. The van der Waals surface area contributed by atoms with Gasteiger partial charge < -0.3 is 10.5 Å². The van der Waals surface area contributed by atoms with Crippen LogP contribution in [-0.4, -0.2) is 52.4 Å². The van der Waals surface area contributed by atoms with Crippen molar-refractivity contribution in [2.45, 2.75) is 6.42 Å². The number of hydrogen-bond donors (Lipinski definition) is 1. The molecule has 5 nitrogen and oxygen atoms in total. The van der Waals surface area contributed by atoms with Crippen molar-refractivity contribution in [2.24, 2.45) is 7.05 Å². The summed E-state index contributed by atoms with van der Waals surface area (Å²) in [7, 11) is 1.93. The van der Waals surface area contributed by atoms with Crippen LogP contribution in [0.15, 0.2) is 30.5 Å². The molecule has 2 heterocycles. The summed E-state index contributed by atoms with van der Waals surface area (Å²) in [6.07, 6.45) is 3.06. The molecule has 1 aromatic heterocycles. The van der Waals surface area contributed by atoms with Gasteiger partial charge in [-0.3, -0.25) is 9.58 Å². The fraction of sp³-hybridized carbons (Fsp3) is 0.471. The SMILES string of the molecule is Cn1nccc1-c1cc(N)ccc1OCCN1CCCSCC1. The molecular weight excluding hydrogens is 308 g/mol. The third-order valence-electron chi connectivity index (χ3n) is 4.08. The molecule has 0 radical (unpaired) electrons. The monoisotopic (exact) mass is 332 g/mol. The van der Waals surface area contributed by atoms with Crippen LogP contribution in [0.4, 0.5) is 5.69 Å². The van der Waals surface area contributed by atoms with Crippen LogP contribution in [0.2, 0.25) is 0 Å². The highest BCUT2D eigenvalue weighted by Gasteiger charge is 2.12. The molecule has 0 amide bonds. The predicted molar refractivity (Wildman–Crippen MR) is 96.9 cm³/mol. The lowest BCUT2D eigenvalue weighted by Gasteiger charge is -2.20. The molecule has 0 bridgehead atoms. The molecule has 2 aromatic rings. The molecule has 1 aromatic carbocycles. The summed E-state index contributed by atoms with van der Waals surface area (Å²) >= 11 is 2.05. The normalized spacial score (nSPS) is 16.2. The lowest BCUT2D eigenvalue weighted by molar-refractivity contribution is 0.219. The van der Waals surface area contributed by atoms with Crippen molar-refractivity contribution in [3.63, 3.8) is 0 Å². The van der Waals surface area contributed by atoms with Gasteiger partial charge in [0.25, 0.3) is 0 Å². The average molecular weight is 332 g/mol. The lowest BCUT2D eigenvalue weighted by Crippen LogP contribution is -2.30. The zero-order valence-electron chi connectivity index (χ0n) is 13.6. The van der Waals surface area contributed by atoms with E-state index in [1.165, 1.54) is 24.5 Å². The number of benzene rings is 1. The van der Waals surface area contributed by atoms with Gasteiger partial charge >= 0.3 is 0 Å². The minimum absolute atomic E-state index is 0.694. The summed E-state index contributed by atoms with van der Waals surface area (Å²) in [5.74, 6) is 3.37. The number of hydrogen-bond acceptors (Lipinski definition) is 5. The number of aryl methyl sites for hydroxylation is 1. The molecule has 124 valence electrons. The van der Waals surface area contributed by atoms with Gasteiger partial charge in [-0.05, 0) is 43.0 Å². The number of nitrogen functional groups attached to an aromatic ring is 1. The molecule has 0 saturated carbocycles. The van der Waals surface area contributed by atoms with Crippen LogP contribution >= 0.6 is 11.8 Å². The van der Waals surface area contributed by atoms with Crippen molar-refractivity contribution in [3.8, 4) is 17.0 Å². The molecule has 1 saturated heterocycles. The second-order valence-corrected chi connectivity index (χ2v) is 6.98. The Kier molecular flexibility index (Phi) is 5.46. The summed E-state index contributed by atoms with van der Waals surface area (Å²) in [4.78, 5) is 2.49. The van der Waals surface area contributed by atoms with Crippen molar-refractivity contribution in [1.82, 2.24) is 14.7 Å². The van der Waals surface area contributed by atoms with E-state index in [2.05, 4.69) is 10.00 Å². The van der Waals surface area contributed by atoms with Gasteiger partial charge in [0, 0.05) is 43.3 Å². The first kappa shape index (κ1) is 16.2. The molecule has 1 aliphatic heterocycles. The van der Waals surface area contributed by atoms with Crippen molar-refractivity contribution in [3.05, 3.63) is 30.5 Å². The fourth-order valence-corrected chi connectivity index (χ4v) is 3.74. The fourth-order valence-electron chi connectivity index (χ4n) is 2.82. The zero-order valence-corrected chi connectivity index (χ0v) is 14.4. The van der Waals surface area contributed by atoms with Crippen LogP contribution < -0.4 is 10.5 Å². The van der Waals surface area contributed by atoms with E-state index in [1.54, 1.807) is 6.20 Å². The van der Waals surface area contributed by atoms with Crippen LogP contribution in [0.3, 0.4) is 0 Å². The third kappa shape index (κ3) is 4.20. The Morgan fingerprint density at radius 3 is 3.00 bits per heavy atom. The maximum absolute atomic E-state index is 6.07. The highest BCUT2D eigenvalue weighted by Crippen LogP contribution is 2.31. The molecule has 23 heavy (non-hydrogen) atoms. The molecule has 0 unspecified atom stereocenters. The van der Waals surface area contributed by atoms with Gasteiger partial charge in [0.2, 0.25) is 0 Å². The van der Waals surface area contributed by atoms with E-state index in [0.717, 1.165) is 35.8 Å². The van der Waals surface area contributed by atoms with E-state index in [4.69, 9.17) is 10.5 Å². The minimum atomic E-state index is 0.694. The number of aromatic nitrogens is 2. The van der Waals surface area contributed by atoms with Crippen molar-refractivity contribution in [2.75, 3.05) is 43.5 Å². The van der Waals surface area contributed by atoms with Gasteiger partial charge in [-0.2, -0.15) is 16.9 Å². The first-order chi connectivity index (χ1) is 11.2. The van der Waals surface area contributed by atoms with Crippen LogP contribution in [-0.2, 0) is 7.05 Å². The summed E-state index contributed by atoms with van der Waals surface area (Å²) < 4.78 is 7.91. The van der Waals surface area contributed by atoms with Gasteiger partial charge in [0.1, 0.15) is 12.4 Å². The Morgan fingerprint density at radius 1 is 1.26 bits per heavy atom. The zero-order chi connectivity index (χ0) is 16.1. The Morgan fingerprint density at radius 2 is 2.17 bits per heavy atom. The molecule has 3 rings (SSSR count). The topological polar surface area (TPSA) is 56.3 Å². The number of ether oxygens (including phenoxy) is 1. The van der Waals surface area contributed by atoms with E-state index in [0.29, 0.717) is 6.61 Å². The molecular formula is C17H24N4OS.